The Bertz CT molecular complexity index is 543. The van der Waals surface area contributed by atoms with Gasteiger partial charge in [0.25, 0.3) is 0 Å². The van der Waals surface area contributed by atoms with E-state index in [2.05, 4.69) is 6.58 Å². The molecule has 0 unspecified atom stereocenters. The van der Waals surface area contributed by atoms with E-state index in [1.54, 1.807) is 6.92 Å². The van der Waals surface area contributed by atoms with Gasteiger partial charge < -0.3 is 9.84 Å². The summed E-state index contributed by atoms with van der Waals surface area (Å²) in [7, 11) is 0. The molecule has 0 bridgehead atoms. The standard InChI is InChI=1S/C13H12Cl2O4.Na.H/c1-3-7(2)13(18)8-4-5-9(12(15)11(8)14)19-6-10(16)17;;/h4-5H,2-3,6H2,1H3,(H,16,17);;. The average Bonchev–Trinajstić information content (AvgIpc) is 2.38. The van der Waals surface area contributed by atoms with Crippen molar-refractivity contribution >= 4 is 64.5 Å². The van der Waals surface area contributed by atoms with Crippen molar-refractivity contribution in [2.75, 3.05) is 6.61 Å². The minimum atomic E-state index is -1.13. The average molecular weight is 327 g/mol. The van der Waals surface area contributed by atoms with Gasteiger partial charge in [-0.1, -0.05) is 36.7 Å². The number of aliphatic carboxylic acids is 1. The van der Waals surface area contributed by atoms with E-state index in [0.29, 0.717) is 12.0 Å². The second kappa shape index (κ2) is 8.70. The molecule has 0 saturated heterocycles. The minimum absolute atomic E-state index is 0. The number of rotatable bonds is 6. The number of hydrogen-bond donors (Lipinski definition) is 1. The molecular formula is C13H13Cl2NaO4. The topological polar surface area (TPSA) is 63.6 Å². The fourth-order valence-electron chi connectivity index (χ4n) is 1.31. The Hall–Kier alpha value is -0.520. The van der Waals surface area contributed by atoms with Gasteiger partial charge in [0.15, 0.2) is 12.4 Å². The molecule has 0 aliphatic heterocycles. The molecule has 1 aromatic rings. The number of carbonyl (C=O) groups excluding carboxylic acids is 1. The number of ether oxygens (including phenoxy) is 1. The summed E-state index contributed by atoms with van der Waals surface area (Å²) in [6.45, 7) is 4.91. The summed E-state index contributed by atoms with van der Waals surface area (Å²) in [4.78, 5) is 22.4. The van der Waals surface area contributed by atoms with E-state index < -0.39 is 12.6 Å². The summed E-state index contributed by atoms with van der Waals surface area (Å²) < 4.78 is 4.95. The number of benzene rings is 1. The molecular weight excluding hydrogens is 314 g/mol. The predicted octanol–water partition coefficient (Wildman–Crippen LogP) is 2.96. The van der Waals surface area contributed by atoms with Crippen molar-refractivity contribution in [3.8, 4) is 5.75 Å². The summed E-state index contributed by atoms with van der Waals surface area (Å²) in [5.74, 6) is -1.31. The first-order valence-electron chi connectivity index (χ1n) is 5.43. The van der Waals surface area contributed by atoms with Crippen LogP contribution in [0.15, 0.2) is 24.3 Å². The molecule has 104 valence electrons. The van der Waals surface area contributed by atoms with Crippen LogP contribution in [-0.2, 0) is 4.79 Å². The molecule has 7 heteroatoms. The van der Waals surface area contributed by atoms with E-state index in [9.17, 15) is 9.59 Å². The van der Waals surface area contributed by atoms with Gasteiger partial charge in [0.1, 0.15) is 10.8 Å². The van der Waals surface area contributed by atoms with Crippen molar-refractivity contribution in [2.45, 2.75) is 13.3 Å². The first-order chi connectivity index (χ1) is 8.88. The molecule has 0 amide bonds. The van der Waals surface area contributed by atoms with Gasteiger partial charge in [-0.2, -0.15) is 0 Å². The molecule has 20 heavy (non-hydrogen) atoms. The first kappa shape index (κ1) is 19.5. The molecule has 0 aliphatic rings. The van der Waals surface area contributed by atoms with E-state index in [-0.39, 0.29) is 56.7 Å². The number of ketones is 1. The molecule has 0 fully saturated rings. The van der Waals surface area contributed by atoms with Crippen molar-refractivity contribution < 1.29 is 19.4 Å². The second-order valence-electron chi connectivity index (χ2n) is 3.71. The van der Waals surface area contributed by atoms with Crippen molar-refractivity contribution in [2.24, 2.45) is 0 Å². The Morgan fingerprint density at radius 2 is 1.90 bits per heavy atom. The SMILES string of the molecule is C=C(CC)C(=O)c1ccc(OCC(=O)O)c(Cl)c1Cl.[NaH]. The molecule has 0 radical (unpaired) electrons. The normalized spacial score (nSPS) is 9.55. The van der Waals surface area contributed by atoms with E-state index in [1.807, 2.05) is 0 Å². The number of carboxylic acids is 1. The van der Waals surface area contributed by atoms with Crippen molar-refractivity contribution in [1.82, 2.24) is 0 Å². The predicted molar refractivity (Wildman–Crippen MR) is 80.5 cm³/mol. The van der Waals surface area contributed by atoms with Crippen LogP contribution in [0.4, 0.5) is 0 Å². The second-order valence-corrected chi connectivity index (χ2v) is 4.46. The third kappa shape index (κ3) is 4.79. The molecule has 0 aromatic heterocycles. The summed E-state index contributed by atoms with van der Waals surface area (Å²) in [5, 5.41) is 8.56. The van der Waals surface area contributed by atoms with Crippen LogP contribution in [0.25, 0.3) is 0 Å². The number of allylic oxidation sites excluding steroid dienone is 1. The maximum absolute atomic E-state index is 11.9. The van der Waals surface area contributed by atoms with Crippen LogP contribution >= 0.6 is 23.2 Å². The third-order valence-electron chi connectivity index (χ3n) is 2.39. The molecule has 0 atom stereocenters. The van der Waals surface area contributed by atoms with Crippen LogP contribution in [0.2, 0.25) is 10.0 Å². The van der Waals surface area contributed by atoms with Gasteiger partial charge in [0, 0.05) is 5.56 Å². The molecule has 4 nitrogen and oxygen atoms in total. The van der Waals surface area contributed by atoms with E-state index in [4.69, 9.17) is 33.0 Å². The van der Waals surface area contributed by atoms with Crippen LogP contribution in [0.1, 0.15) is 23.7 Å². The Labute approximate surface area is 149 Å². The van der Waals surface area contributed by atoms with Gasteiger partial charge >= 0.3 is 35.5 Å². The first-order valence-corrected chi connectivity index (χ1v) is 6.19. The monoisotopic (exact) mass is 326 g/mol. The van der Waals surface area contributed by atoms with Gasteiger partial charge in [-0.15, -0.1) is 0 Å². The number of hydrogen-bond acceptors (Lipinski definition) is 3. The zero-order chi connectivity index (χ0) is 14.6. The molecule has 0 aliphatic carbocycles. The quantitative estimate of drug-likeness (QED) is 0.496. The molecule has 1 N–H and O–H groups in total. The number of carboxylic acid groups (broad SMARTS) is 1. The van der Waals surface area contributed by atoms with Gasteiger partial charge in [-0.05, 0) is 24.1 Å². The van der Waals surface area contributed by atoms with Gasteiger partial charge in [0.05, 0.1) is 5.02 Å². The van der Waals surface area contributed by atoms with E-state index >= 15 is 0 Å². The number of halogens is 2. The van der Waals surface area contributed by atoms with Gasteiger partial charge in [0.2, 0.25) is 0 Å². The molecule has 1 aromatic carbocycles. The maximum atomic E-state index is 11.9. The fourth-order valence-corrected chi connectivity index (χ4v) is 1.77. The van der Waals surface area contributed by atoms with Crippen molar-refractivity contribution in [3.05, 3.63) is 39.9 Å². The summed E-state index contributed by atoms with van der Waals surface area (Å²) in [6.07, 6.45) is 0.504. The van der Waals surface area contributed by atoms with Gasteiger partial charge in [-0.3, -0.25) is 4.79 Å². The zero-order valence-electron chi connectivity index (χ0n) is 10.2. The molecule has 1 rings (SSSR count). The van der Waals surface area contributed by atoms with Gasteiger partial charge in [-0.25, -0.2) is 4.79 Å². The Kier molecular flexibility index (Phi) is 8.47. The van der Waals surface area contributed by atoms with Crippen molar-refractivity contribution in [3.63, 3.8) is 0 Å². The van der Waals surface area contributed by atoms with Crippen LogP contribution < -0.4 is 4.74 Å². The third-order valence-corrected chi connectivity index (χ3v) is 3.26. The summed E-state index contributed by atoms with van der Waals surface area (Å²) in [6, 6.07) is 2.85. The Morgan fingerprint density at radius 3 is 2.40 bits per heavy atom. The van der Waals surface area contributed by atoms with Crippen LogP contribution in [-0.4, -0.2) is 53.0 Å². The van der Waals surface area contributed by atoms with Crippen LogP contribution in [0.5, 0.6) is 5.75 Å². The number of Topliss-reactive ketones (excluding diaryl/α,β-unsaturated/α-hetero) is 1. The fraction of sp³-hybridized carbons (Fsp3) is 0.231. The molecule has 0 saturated carbocycles. The molecule has 0 heterocycles. The van der Waals surface area contributed by atoms with Crippen molar-refractivity contribution in [1.29, 1.82) is 0 Å². The van der Waals surface area contributed by atoms with E-state index in [0.717, 1.165) is 0 Å². The number of carbonyl (C=O) groups is 2. The Balaban J connectivity index is 0.00000361. The van der Waals surface area contributed by atoms with E-state index in [1.165, 1.54) is 12.1 Å². The zero-order valence-corrected chi connectivity index (χ0v) is 11.7. The molecule has 0 spiro atoms. The summed E-state index contributed by atoms with van der Waals surface area (Å²) >= 11 is 11.9. The van der Waals surface area contributed by atoms with Crippen LogP contribution in [0.3, 0.4) is 0 Å². The summed E-state index contributed by atoms with van der Waals surface area (Å²) in [5.41, 5.74) is 0.637. The Morgan fingerprint density at radius 1 is 1.30 bits per heavy atom. The van der Waals surface area contributed by atoms with Crippen LogP contribution in [0, 0.1) is 0 Å².